The average molecular weight is 607 g/mol. The maximum atomic E-state index is 13.4. The van der Waals surface area contributed by atoms with Gasteiger partial charge in [-0.25, -0.2) is 4.79 Å². The number of nitrogens with one attached hydrogen (secondary N) is 2. The van der Waals surface area contributed by atoms with E-state index in [1.165, 1.54) is 48.8 Å². The summed E-state index contributed by atoms with van der Waals surface area (Å²) in [4.78, 5) is 43.3. The van der Waals surface area contributed by atoms with E-state index in [1.54, 1.807) is 11.8 Å². The Morgan fingerprint density at radius 1 is 1.10 bits per heavy atom. The summed E-state index contributed by atoms with van der Waals surface area (Å²) in [6.07, 6.45) is 5.83. The molecule has 0 spiro atoms. The summed E-state index contributed by atoms with van der Waals surface area (Å²) in [5, 5.41) is 6.02. The lowest BCUT2D eigenvalue weighted by Crippen LogP contribution is -2.55. The Labute approximate surface area is 253 Å². The molecule has 0 aromatic heterocycles. The Morgan fingerprint density at radius 3 is 2.49 bits per heavy atom. The lowest BCUT2D eigenvalue weighted by atomic mass is 9.91. The van der Waals surface area contributed by atoms with E-state index in [9.17, 15) is 14.4 Å². The Hall–Kier alpha value is -2.11. The summed E-state index contributed by atoms with van der Waals surface area (Å²) in [5.74, 6) is 2.51. The van der Waals surface area contributed by atoms with Crippen molar-refractivity contribution in [2.24, 2.45) is 5.92 Å². The van der Waals surface area contributed by atoms with Crippen LogP contribution in [0.4, 0.5) is 10.5 Å². The summed E-state index contributed by atoms with van der Waals surface area (Å²) in [5.41, 5.74) is 1.50. The fourth-order valence-electron chi connectivity index (χ4n) is 5.28. The van der Waals surface area contributed by atoms with Crippen molar-refractivity contribution in [3.8, 4) is 0 Å². The second-order valence-electron chi connectivity index (χ2n) is 12.1. The van der Waals surface area contributed by atoms with E-state index < -0.39 is 23.8 Å². The van der Waals surface area contributed by atoms with Crippen LogP contribution in [0.3, 0.4) is 0 Å². The number of hydrogen-bond acceptors (Lipinski definition) is 8. The molecule has 41 heavy (non-hydrogen) atoms. The Balaban J connectivity index is 1.35. The Morgan fingerprint density at radius 2 is 1.80 bits per heavy atom. The average Bonchev–Trinajstić information content (AvgIpc) is 3.47. The molecule has 3 amide bonds. The van der Waals surface area contributed by atoms with Crippen LogP contribution in [-0.4, -0.2) is 89.9 Å². The van der Waals surface area contributed by atoms with Gasteiger partial charge in [0.05, 0.1) is 19.1 Å². The van der Waals surface area contributed by atoms with Crippen molar-refractivity contribution in [1.29, 1.82) is 0 Å². The third-order valence-corrected chi connectivity index (χ3v) is 9.88. The van der Waals surface area contributed by atoms with Gasteiger partial charge in [-0.05, 0) is 63.0 Å². The van der Waals surface area contributed by atoms with Gasteiger partial charge in [-0.15, -0.1) is 11.8 Å². The van der Waals surface area contributed by atoms with Crippen LogP contribution in [0.2, 0.25) is 0 Å². The molecule has 1 aromatic carbocycles. The number of hydrogen-bond donors (Lipinski definition) is 2. The van der Waals surface area contributed by atoms with Gasteiger partial charge >= 0.3 is 6.09 Å². The van der Waals surface area contributed by atoms with E-state index in [0.29, 0.717) is 29.8 Å². The number of carbonyl (C=O) groups is 3. The van der Waals surface area contributed by atoms with Gasteiger partial charge in [-0.3, -0.25) is 14.5 Å². The highest BCUT2D eigenvalue weighted by Crippen LogP contribution is 2.27. The van der Waals surface area contributed by atoms with Crippen LogP contribution in [0, 0.1) is 5.92 Å². The summed E-state index contributed by atoms with van der Waals surface area (Å²) >= 11 is 3.25. The number of thioether (sulfide) groups is 2. The molecule has 2 heterocycles. The van der Waals surface area contributed by atoms with Crippen LogP contribution >= 0.6 is 23.5 Å². The van der Waals surface area contributed by atoms with Crippen LogP contribution in [0.25, 0.3) is 0 Å². The molecule has 1 aliphatic carbocycles. The van der Waals surface area contributed by atoms with E-state index >= 15 is 0 Å². The van der Waals surface area contributed by atoms with Gasteiger partial charge in [0, 0.05) is 36.8 Å². The molecule has 228 valence electrons. The van der Waals surface area contributed by atoms with Gasteiger partial charge in [0.2, 0.25) is 11.8 Å². The van der Waals surface area contributed by atoms with Gasteiger partial charge in [-0.1, -0.05) is 31.4 Å². The number of rotatable bonds is 10. The van der Waals surface area contributed by atoms with Gasteiger partial charge < -0.3 is 25.0 Å². The van der Waals surface area contributed by atoms with Crippen LogP contribution in [0.15, 0.2) is 24.3 Å². The van der Waals surface area contributed by atoms with Crippen LogP contribution in [0.1, 0.15) is 58.4 Å². The smallest absolute Gasteiger partial charge is 0.411 e. The van der Waals surface area contributed by atoms with E-state index in [2.05, 4.69) is 27.7 Å². The molecule has 3 aliphatic rings. The molecule has 2 aliphatic heterocycles. The molecule has 1 saturated carbocycles. The largest absolute Gasteiger partial charge is 0.444 e. The van der Waals surface area contributed by atoms with Crippen molar-refractivity contribution in [1.82, 2.24) is 15.5 Å². The Bertz CT molecular complexity index is 1010. The normalized spacial score (nSPS) is 20.9. The Kier molecular flexibility index (Phi) is 11.9. The van der Waals surface area contributed by atoms with E-state index in [0.717, 1.165) is 43.3 Å². The number of benzene rings is 1. The zero-order chi connectivity index (χ0) is 29.2. The lowest BCUT2D eigenvalue weighted by molar-refractivity contribution is -0.130. The predicted molar refractivity (Wildman–Crippen MR) is 166 cm³/mol. The summed E-state index contributed by atoms with van der Waals surface area (Å²) in [6, 6.07) is 6.87. The van der Waals surface area contributed by atoms with Crippen LogP contribution in [0.5, 0.6) is 0 Å². The van der Waals surface area contributed by atoms with Crippen molar-refractivity contribution in [3.05, 3.63) is 29.8 Å². The first kappa shape index (κ1) is 31.8. The number of morpholine rings is 1. The third kappa shape index (κ3) is 9.99. The number of amides is 3. The summed E-state index contributed by atoms with van der Waals surface area (Å²) in [6.45, 7) is 9.03. The molecule has 11 heteroatoms. The molecule has 2 saturated heterocycles. The zero-order valence-corrected chi connectivity index (χ0v) is 26.3. The first-order chi connectivity index (χ1) is 19.7. The molecule has 3 fully saturated rings. The first-order valence-electron chi connectivity index (χ1n) is 14.8. The summed E-state index contributed by atoms with van der Waals surface area (Å²) < 4.78 is 11.0. The molecule has 2 N–H and O–H groups in total. The molecular weight excluding hydrogens is 560 g/mol. The highest BCUT2D eigenvalue weighted by Gasteiger charge is 2.38. The zero-order valence-electron chi connectivity index (χ0n) is 24.7. The minimum atomic E-state index is -0.685. The van der Waals surface area contributed by atoms with Crippen LogP contribution < -0.4 is 15.5 Å². The maximum Gasteiger partial charge on any atom is 0.411 e. The molecule has 0 bridgehead atoms. The highest BCUT2D eigenvalue weighted by molar-refractivity contribution is 7.99. The van der Waals surface area contributed by atoms with Crippen LogP contribution in [-0.2, 0) is 25.6 Å². The lowest BCUT2D eigenvalue weighted by Gasteiger charge is -2.29. The highest BCUT2D eigenvalue weighted by atomic mass is 32.2. The topological polar surface area (TPSA) is 100 Å². The number of nitrogens with zero attached hydrogens (tertiary/aromatic N) is 2. The number of carbonyl (C=O) groups excluding carboxylic acids is 3. The standard InChI is InChI=1S/C30H46N4O5S2/c1-30(2,3)39-29(37)34-21-41-20-26(34)28(36)32-25(19-40-18-23-7-5-4-6-8-23)27(35)31-17-22-9-11-24(12-10-22)33-13-15-38-16-14-33/h9-12,23,25-26H,4-8,13-21H2,1-3H3,(H,31,35)(H,32,36). The fraction of sp³-hybridized carbons (Fsp3) is 0.700. The maximum absolute atomic E-state index is 13.4. The van der Waals surface area contributed by atoms with Crippen molar-refractivity contribution < 1.29 is 23.9 Å². The molecule has 4 rings (SSSR count). The van der Waals surface area contributed by atoms with Crippen molar-refractivity contribution in [2.45, 2.75) is 77.1 Å². The molecular formula is C30H46N4O5S2. The van der Waals surface area contributed by atoms with Gasteiger partial charge in [0.1, 0.15) is 17.7 Å². The second-order valence-corrected chi connectivity index (χ2v) is 14.1. The quantitative estimate of drug-likeness (QED) is 0.408. The first-order valence-corrected chi connectivity index (χ1v) is 17.2. The van der Waals surface area contributed by atoms with Crippen molar-refractivity contribution in [3.63, 3.8) is 0 Å². The van der Waals surface area contributed by atoms with E-state index in [4.69, 9.17) is 9.47 Å². The fourth-order valence-corrected chi connectivity index (χ4v) is 7.69. The monoisotopic (exact) mass is 606 g/mol. The van der Waals surface area contributed by atoms with Crippen molar-refractivity contribution in [2.75, 3.05) is 54.3 Å². The molecule has 2 atom stereocenters. The van der Waals surface area contributed by atoms with Gasteiger partial charge in [-0.2, -0.15) is 11.8 Å². The summed E-state index contributed by atoms with van der Waals surface area (Å²) in [7, 11) is 0. The minimum Gasteiger partial charge on any atom is -0.444 e. The molecule has 0 radical (unpaired) electrons. The van der Waals surface area contributed by atoms with Crippen molar-refractivity contribution >= 4 is 47.1 Å². The van der Waals surface area contributed by atoms with Gasteiger partial charge in [0.15, 0.2) is 0 Å². The molecule has 9 nitrogen and oxygen atoms in total. The number of ether oxygens (including phenoxy) is 2. The van der Waals surface area contributed by atoms with Gasteiger partial charge in [0.25, 0.3) is 0 Å². The van der Waals surface area contributed by atoms with E-state index in [1.807, 2.05) is 32.9 Å². The SMILES string of the molecule is CC(C)(C)OC(=O)N1CSCC1C(=O)NC(CSCC1CCCCC1)C(=O)NCc1ccc(N2CCOCC2)cc1. The minimum absolute atomic E-state index is 0.207. The second kappa shape index (κ2) is 15.4. The molecule has 1 aromatic rings. The third-order valence-electron chi connectivity index (χ3n) is 7.59. The van der Waals surface area contributed by atoms with E-state index in [-0.39, 0.29) is 11.8 Å². The molecule has 2 unspecified atom stereocenters. The predicted octanol–water partition coefficient (Wildman–Crippen LogP) is 4.25. The number of anilines is 1.